The number of aromatic nitrogens is 2. The maximum Gasteiger partial charge on any atom is 0.470 e. The minimum atomic E-state index is -4.67. The number of nitrogens with zero attached hydrogens (tertiary/aromatic N) is 3. The normalized spacial score (nSPS) is 15.6. The minimum absolute atomic E-state index is 0.0580. The highest BCUT2D eigenvalue weighted by Gasteiger charge is 2.39. The van der Waals surface area contributed by atoms with Crippen LogP contribution in [0.2, 0.25) is 5.02 Å². The molecule has 1 saturated heterocycles. The standard InChI is InChI=1S/C18H17ClF3N3O3/c19-13-3-1-11(2-4-13)14(26)5-6-15(27)25-9-7-12(8-10-25)16-23-24-17(28-16)18(20,21)22/h1-4,12H,5-10H2. The minimum Gasteiger partial charge on any atom is -0.417 e. The molecule has 2 heterocycles. The lowest BCUT2D eigenvalue weighted by molar-refractivity contribution is -0.157. The van der Waals surface area contributed by atoms with Gasteiger partial charge in [0, 0.05) is 42.4 Å². The Hall–Kier alpha value is -2.42. The van der Waals surface area contributed by atoms with E-state index in [4.69, 9.17) is 16.0 Å². The predicted molar refractivity (Wildman–Crippen MR) is 92.9 cm³/mol. The van der Waals surface area contributed by atoms with Crippen molar-refractivity contribution in [2.75, 3.05) is 13.1 Å². The fourth-order valence-corrected chi connectivity index (χ4v) is 3.17. The Morgan fingerprint density at radius 1 is 1.11 bits per heavy atom. The molecule has 0 aliphatic carbocycles. The molecule has 1 amide bonds. The van der Waals surface area contributed by atoms with Crippen LogP contribution in [0.5, 0.6) is 0 Å². The number of rotatable bonds is 5. The van der Waals surface area contributed by atoms with Gasteiger partial charge in [-0.3, -0.25) is 9.59 Å². The van der Waals surface area contributed by atoms with Gasteiger partial charge in [0.1, 0.15) is 0 Å². The van der Waals surface area contributed by atoms with Crippen LogP contribution in [0.4, 0.5) is 13.2 Å². The molecule has 10 heteroatoms. The van der Waals surface area contributed by atoms with Gasteiger partial charge in [-0.05, 0) is 37.1 Å². The van der Waals surface area contributed by atoms with Crippen LogP contribution in [0.3, 0.4) is 0 Å². The second-order valence-corrected chi connectivity index (χ2v) is 6.96. The molecule has 0 N–H and O–H groups in total. The summed E-state index contributed by atoms with van der Waals surface area (Å²) in [4.78, 5) is 26.1. The molecule has 6 nitrogen and oxygen atoms in total. The molecule has 3 rings (SSSR count). The number of piperidine rings is 1. The number of hydrogen-bond acceptors (Lipinski definition) is 5. The number of alkyl halides is 3. The Morgan fingerprint density at radius 3 is 2.32 bits per heavy atom. The fraction of sp³-hybridized carbons (Fsp3) is 0.444. The fourth-order valence-electron chi connectivity index (χ4n) is 3.05. The van der Waals surface area contributed by atoms with Crippen molar-refractivity contribution in [3.63, 3.8) is 0 Å². The summed E-state index contributed by atoms with van der Waals surface area (Å²) in [7, 11) is 0. The Labute approximate surface area is 163 Å². The second kappa shape index (κ2) is 8.30. The number of amides is 1. The van der Waals surface area contributed by atoms with Crippen LogP contribution in [0.25, 0.3) is 0 Å². The van der Waals surface area contributed by atoms with Crippen molar-refractivity contribution in [2.45, 2.75) is 37.8 Å². The molecule has 150 valence electrons. The number of carbonyl (C=O) groups is 2. The van der Waals surface area contributed by atoms with Gasteiger partial charge in [0.15, 0.2) is 5.78 Å². The number of halogens is 4. The van der Waals surface area contributed by atoms with E-state index in [2.05, 4.69) is 10.2 Å². The van der Waals surface area contributed by atoms with Crippen LogP contribution in [-0.2, 0) is 11.0 Å². The summed E-state index contributed by atoms with van der Waals surface area (Å²) >= 11 is 5.78. The van der Waals surface area contributed by atoms with E-state index in [1.165, 1.54) is 0 Å². The van der Waals surface area contributed by atoms with E-state index in [-0.39, 0.29) is 36.3 Å². The molecule has 1 fully saturated rings. The smallest absolute Gasteiger partial charge is 0.417 e. The Bertz CT molecular complexity index is 844. The average molecular weight is 416 g/mol. The summed E-state index contributed by atoms with van der Waals surface area (Å²) in [5, 5.41) is 7.04. The quantitative estimate of drug-likeness (QED) is 0.687. The lowest BCUT2D eigenvalue weighted by atomic mass is 9.96. The summed E-state index contributed by atoms with van der Waals surface area (Å²) in [6, 6.07) is 6.45. The summed E-state index contributed by atoms with van der Waals surface area (Å²) in [6.07, 6.45) is -3.66. The number of ketones is 1. The topological polar surface area (TPSA) is 76.3 Å². The number of likely N-dealkylation sites (tertiary alicyclic amines) is 1. The Morgan fingerprint density at radius 2 is 1.75 bits per heavy atom. The number of hydrogen-bond donors (Lipinski definition) is 0. The highest BCUT2D eigenvalue weighted by Crippen LogP contribution is 2.32. The molecule has 0 spiro atoms. The van der Waals surface area contributed by atoms with E-state index < -0.39 is 12.1 Å². The summed E-state index contributed by atoms with van der Waals surface area (Å²) in [5.74, 6) is -2.05. The molecular weight excluding hydrogens is 399 g/mol. The first-order valence-electron chi connectivity index (χ1n) is 8.71. The molecule has 1 aliphatic rings. The van der Waals surface area contributed by atoms with Gasteiger partial charge in [-0.15, -0.1) is 10.2 Å². The zero-order chi connectivity index (χ0) is 20.3. The van der Waals surface area contributed by atoms with Crippen LogP contribution < -0.4 is 0 Å². The summed E-state index contributed by atoms with van der Waals surface area (Å²) in [6.45, 7) is 0.727. The highest BCUT2D eigenvalue weighted by molar-refractivity contribution is 6.30. The zero-order valence-electron chi connectivity index (χ0n) is 14.7. The molecule has 1 aromatic carbocycles. The summed E-state index contributed by atoms with van der Waals surface area (Å²) < 4.78 is 42.4. The first-order valence-corrected chi connectivity index (χ1v) is 9.09. The van der Waals surface area contributed by atoms with Crippen molar-refractivity contribution in [1.29, 1.82) is 0 Å². The number of Topliss-reactive ketones (excluding diaryl/α,β-unsaturated/α-hetero) is 1. The highest BCUT2D eigenvalue weighted by atomic mass is 35.5. The molecule has 1 aromatic heterocycles. The van der Waals surface area contributed by atoms with E-state index >= 15 is 0 Å². The van der Waals surface area contributed by atoms with Gasteiger partial charge in [-0.2, -0.15) is 13.2 Å². The average Bonchev–Trinajstić information content (AvgIpc) is 3.17. The predicted octanol–water partition coefficient (Wildman–Crippen LogP) is 4.11. The lowest BCUT2D eigenvalue weighted by Gasteiger charge is -2.30. The number of carbonyl (C=O) groups excluding carboxylic acids is 2. The van der Waals surface area contributed by atoms with Crippen molar-refractivity contribution in [1.82, 2.24) is 15.1 Å². The van der Waals surface area contributed by atoms with Crippen LogP contribution >= 0.6 is 11.6 Å². The molecule has 0 atom stereocenters. The Kier molecular flexibility index (Phi) is 6.02. The molecule has 0 unspecified atom stereocenters. The SMILES string of the molecule is O=C(CCC(=O)N1CCC(c2nnc(C(F)(F)F)o2)CC1)c1ccc(Cl)cc1. The monoisotopic (exact) mass is 415 g/mol. The van der Waals surface area contributed by atoms with E-state index in [0.29, 0.717) is 36.5 Å². The maximum absolute atomic E-state index is 12.5. The molecular formula is C18H17ClF3N3O3. The van der Waals surface area contributed by atoms with E-state index in [1.54, 1.807) is 29.2 Å². The third kappa shape index (κ3) is 4.89. The van der Waals surface area contributed by atoms with Gasteiger partial charge >= 0.3 is 12.1 Å². The van der Waals surface area contributed by atoms with E-state index in [0.717, 1.165) is 0 Å². The third-order valence-electron chi connectivity index (χ3n) is 4.61. The molecule has 0 bridgehead atoms. The zero-order valence-corrected chi connectivity index (χ0v) is 15.5. The molecule has 0 radical (unpaired) electrons. The van der Waals surface area contributed by atoms with Crippen molar-refractivity contribution in [3.8, 4) is 0 Å². The molecule has 0 saturated carbocycles. The largest absolute Gasteiger partial charge is 0.470 e. The van der Waals surface area contributed by atoms with Crippen LogP contribution in [-0.4, -0.2) is 39.9 Å². The van der Waals surface area contributed by atoms with Crippen molar-refractivity contribution in [3.05, 3.63) is 46.6 Å². The summed E-state index contributed by atoms with van der Waals surface area (Å²) in [5.41, 5.74) is 0.493. The van der Waals surface area contributed by atoms with Gasteiger partial charge in [-0.1, -0.05) is 11.6 Å². The van der Waals surface area contributed by atoms with Crippen LogP contribution in [0.15, 0.2) is 28.7 Å². The van der Waals surface area contributed by atoms with Gasteiger partial charge in [-0.25, -0.2) is 0 Å². The third-order valence-corrected chi connectivity index (χ3v) is 4.86. The van der Waals surface area contributed by atoms with Crippen molar-refractivity contribution in [2.24, 2.45) is 0 Å². The Balaban J connectivity index is 1.48. The van der Waals surface area contributed by atoms with Gasteiger partial charge in [0.05, 0.1) is 0 Å². The van der Waals surface area contributed by atoms with Gasteiger partial charge in [0.2, 0.25) is 11.8 Å². The van der Waals surface area contributed by atoms with Gasteiger partial charge in [0.25, 0.3) is 0 Å². The van der Waals surface area contributed by atoms with E-state index in [1.807, 2.05) is 0 Å². The van der Waals surface area contributed by atoms with Crippen LogP contribution in [0.1, 0.15) is 53.7 Å². The first-order chi connectivity index (χ1) is 13.2. The maximum atomic E-state index is 12.5. The van der Waals surface area contributed by atoms with Crippen molar-refractivity contribution >= 4 is 23.3 Å². The molecule has 28 heavy (non-hydrogen) atoms. The number of benzene rings is 1. The first kappa shape index (κ1) is 20.3. The van der Waals surface area contributed by atoms with E-state index in [9.17, 15) is 22.8 Å². The lowest BCUT2D eigenvalue weighted by Crippen LogP contribution is -2.38. The van der Waals surface area contributed by atoms with Gasteiger partial charge < -0.3 is 9.32 Å². The molecule has 1 aliphatic heterocycles. The molecule has 2 aromatic rings. The van der Waals surface area contributed by atoms with Crippen LogP contribution in [0, 0.1) is 0 Å². The second-order valence-electron chi connectivity index (χ2n) is 6.53. The van der Waals surface area contributed by atoms with Crippen molar-refractivity contribution < 1.29 is 27.2 Å².